The number of methoxy groups -OCH3 is 2. The fraction of sp³-hybridized carbons (Fsp3) is 0.462. The van der Waals surface area contributed by atoms with Crippen LogP contribution in [0.4, 0.5) is 0 Å². The molecule has 106 valence electrons. The highest BCUT2D eigenvalue weighted by molar-refractivity contribution is 6.00. The summed E-state index contributed by atoms with van der Waals surface area (Å²) in [5.74, 6) is 1.09. The maximum Gasteiger partial charge on any atom is 0.132 e. The Morgan fingerprint density at radius 2 is 2.05 bits per heavy atom. The lowest BCUT2D eigenvalue weighted by atomic mass is 10.1. The minimum atomic E-state index is -0.726. The third-order valence-electron chi connectivity index (χ3n) is 2.52. The van der Waals surface area contributed by atoms with E-state index in [4.69, 9.17) is 19.4 Å². The minimum Gasteiger partial charge on any atom is -0.497 e. The molecule has 0 saturated carbocycles. The largest absolute Gasteiger partial charge is 0.497 e. The monoisotopic (exact) mass is 269 g/mol. The van der Waals surface area contributed by atoms with Crippen molar-refractivity contribution >= 4 is 5.71 Å². The molecular formula is C13H19NO5. The number of aliphatic hydroxyl groups is 1. The van der Waals surface area contributed by atoms with Gasteiger partial charge < -0.3 is 24.5 Å². The first-order valence-corrected chi connectivity index (χ1v) is 5.79. The number of benzene rings is 1. The summed E-state index contributed by atoms with van der Waals surface area (Å²) in [6, 6.07) is 5.14. The molecule has 0 fully saturated rings. The number of aliphatic hydroxyl groups excluding tert-OH is 1. The summed E-state index contributed by atoms with van der Waals surface area (Å²) in [6.07, 6.45) is -0.726. The molecule has 1 unspecified atom stereocenters. The van der Waals surface area contributed by atoms with Crippen LogP contribution in [0.25, 0.3) is 0 Å². The van der Waals surface area contributed by atoms with Gasteiger partial charge in [-0.15, -0.1) is 0 Å². The summed E-state index contributed by atoms with van der Waals surface area (Å²) in [7, 11) is 3.05. The smallest absolute Gasteiger partial charge is 0.132 e. The summed E-state index contributed by atoms with van der Waals surface area (Å²) in [4.78, 5) is 0. The molecule has 0 aliphatic rings. The van der Waals surface area contributed by atoms with Gasteiger partial charge in [-0.25, -0.2) is 0 Å². The van der Waals surface area contributed by atoms with Crippen LogP contribution in [0.2, 0.25) is 0 Å². The third kappa shape index (κ3) is 4.42. The van der Waals surface area contributed by atoms with Gasteiger partial charge in [0.15, 0.2) is 0 Å². The Kier molecular flexibility index (Phi) is 6.11. The van der Waals surface area contributed by atoms with Crippen molar-refractivity contribution in [1.29, 1.82) is 0 Å². The number of hydrogen-bond acceptors (Lipinski definition) is 6. The average Bonchev–Trinajstić information content (AvgIpc) is 2.44. The van der Waals surface area contributed by atoms with Crippen LogP contribution in [0.1, 0.15) is 12.5 Å². The Bertz CT molecular complexity index is 433. The van der Waals surface area contributed by atoms with Crippen LogP contribution < -0.4 is 9.47 Å². The van der Waals surface area contributed by atoms with E-state index in [2.05, 4.69) is 5.16 Å². The molecule has 2 N–H and O–H groups in total. The molecular weight excluding hydrogens is 250 g/mol. The van der Waals surface area contributed by atoms with E-state index in [9.17, 15) is 5.11 Å². The van der Waals surface area contributed by atoms with Crippen molar-refractivity contribution in [3.05, 3.63) is 23.8 Å². The lowest BCUT2D eigenvalue weighted by Gasteiger charge is -2.15. The Morgan fingerprint density at radius 1 is 1.32 bits per heavy atom. The van der Waals surface area contributed by atoms with Crippen LogP contribution >= 0.6 is 0 Å². The van der Waals surface area contributed by atoms with Crippen molar-refractivity contribution in [2.45, 2.75) is 13.0 Å². The van der Waals surface area contributed by atoms with Crippen molar-refractivity contribution in [2.75, 3.05) is 27.4 Å². The molecule has 0 heterocycles. The molecule has 6 nitrogen and oxygen atoms in total. The highest BCUT2D eigenvalue weighted by atomic mass is 16.5. The number of rotatable bonds is 7. The minimum absolute atomic E-state index is 0.0761. The van der Waals surface area contributed by atoms with Gasteiger partial charge >= 0.3 is 0 Å². The van der Waals surface area contributed by atoms with Crippen LogP contribution in [-0.4, -0.2) is 49.6 Å². The van der Waals surface area contributed by atoms with E-state index in [-0.39, 0.29) is 13.2 Å². The first-order chi connectivity index (χ1) is 9.12. The summed E-state index contributed by atoms with van der Waals surface area (Å²) in [5, 5.41) is 21.5. The standard InChI is InChI=1S/C13H19NO5/c1-9(14-16)12-5-4-11(18-3)6-13(12)19-8-10(15)7-17-2/h4-6,10,15-16H,7-8H2,1-3H3/b14-9+. The van der Waals surface area contributed by atoms with Crippen LogP contribution in [-0.2, 0) is 4.74 Å². The molecule has 0 saturated heterocycles. The molecule has 0 aromatic heterocycles. The molecule has 1 atom stereocenters. The molecule has 1 aromatic carbocycles. The SMILES string of the molecule is COCC(O)COc1cc(OC)ccc1/C(C)=N/O. The highest BCUT2D eigenvalue weighted by Crippen LogP contribution is 2.25. The Balaban J connectivity index is 2.89. The number of nitrogens with zero attached hydrogens (tertiary/aromatic N) is 1. The maximum atomic E-state index is 9.56. The average molecular weight is 269 g/mol. The topological polar surface area (TPSA) is 80.5 Å². The number of ether oxygens (including phenoxy) is 3. The van der Waals surface area contributed by atoms with Gasteiger partial charge in [0.05, 0.1) is 19.4 Å². The summed E-state index contributed by atoms with van der Waals surface area (Å²) in [5.41, 5.74) is 1.05. The third-order valence-corrected chi connectivity index (χ3v) is 2.52. The van der Waals surface area contributed by atoms with Crippen molar-refractivity contribution in [3.63, 3.8) is 0 Å². The predicted octanol–water partition coefficient (Wildman–Crippen LogP) is 1.28. The van der Waals surface area contributed by atoms with Crippen molar-refractivity contribution in [3.8, 4) is 11.5 Å². The number of oxime groups is 1. The zero-order chi connectivity index (χ0) is 14.3. The first-order valence-electron chi connectivity index (χ1n) is 5.79. The van der Waals surface area contributed by atoms with Gasteiger partial charge in [0.2, 0.25) is 0 Å². The van der Waals surface area contributed by atoms with Crippen LogP contribution in [0.3, 0.4) is 0 Å². The summed E-state index contributed by atoms with van der Waals surface area (Å²) < 4.78 is 15.4. The van der Waals surface area contributed by atoms with Gasteiger partial charge in [-0.3, -0.25) is 0 Å². The molecule has 0 amide bonds. The van der Waals surface area contributed by atoms with E-state index >= 15 is 0 Å². The molecule has 0 aliphatic carbocycles. The van der Waals surface area contributed by atoms with Crippen molar-refractivity contribution in [2.24, 2.45) is 5.16 Å². The summed E-state index contributed by atoms with van der Waals surface area (Å²) in [6.45, 7) is 1.92. The van der Waals surface area contributed by atoms with E-state index in [1.807, 2.05) is 0 Å². The Hall–Kier alpha value is -1.79. The molecule has 1 rings (SSSR count). The van der Waals surface area contributed by atoms with Gasteiger partial charge in [0, 0.05) is 18.7 Å². The second-order valence-corrected chi connectivity index (χ2v) is 3.97. The quantitative estimate of drug-likeness (QED) is 0.443. The fourth-order valence-electron chi connectivity index (χ4n) is 1.53. The van der Waals surface area contributed by atoms with Crippen LogP contribution in [0.5, 0.6) is 11.5 Å². The van der Waals surface area contributed by atoms with Gasteiger partial charge in [0.1, 0.15) is 24.2 Å². The molecule has 6 heteroatoms. The van der Waals surface area contributed by atoms with Gasteiger partial charge in [-0.05, 0) is 19.1 Å². The summed E-state index contributed by atoms with van der Waals surface area (Å²) >= 11 is 0. The highest BCUT2D eigenvalue weighted by Gasteiger charge is 2.11. The zero-order valence-corrected chi connectivity index (χ0v) is 11.3. The number of hydrogen-bond donors (Lipinski definition) is 2. The second-order valence-electron chi connectivity index (χ2n) is 3.97. The van der Waals surface area contributed by atoms with Crippen LogP contribution in [0, 0.1) is 0 Å². The molecule has 0 radical (unpaired) electrons. The Morgan fingerprint density at radius 3 is 2.63 bits per heavy atom. The van der Waals surface area contributed by atoms with Crippen molar-refractivity contribution in [1.82, 2.24) is 0 Å². The zero-order valence-electron chi connectivity index (χ0n) is 11.3. The lowest BCUT2D eigenvalue weighted by molar-refractivity contribution is 0.0324. The van der Waals surface area contributed by atoms with E-state index in [0.29, 0.717) is 22.8 Å². The fourth-order valence-corrected chi connectivity index (χ4v) is 1.53. The van der Waals surface area contributed by atoms with E-state index in [1.165, 1.54) is 7.11 Å². The predicted molar refractivity (Wildman–Crippen MR) is 70.4 cm³/mol. The molecule has 0 spiro atoms. The molecule has 0 bridgehead atoms. The van der Waals surface area contributed by atoms with Gasteiger partial charge in [0.25, 0.3) is 0 Å². The molecule has 0 aliphatic heterocycles. The maximum absolute atomic E-state index is 9.56. The lowest BCUT2D eigenvalue weighted by Crippen LogP contribution is -2.23. The second kappa shape index (κ2) is 7.60. The van der Waals surface area contributed by atoms with Gasteiger partial charge in [-0.2, -0.15) is 0 Å². The molecule has 1 aromatic rings. The first kappa shape index (κ1) is 15.3. The van der Waals surface area contributed by atoms with E-state index in [0.717, 1.165) is 0 Å². The van der Waals surface area contributed by atoms with Crippen molar-refractivity contribution < 1.29 is 24.5 Å². The molecule has 19 heavy (non-hydrogen) atoms. The Labute approximate surface area is 112 Å². The van der Waals surface area contributed by atoms with Gasteiger partial charge in [-0.1, -0.05) is 5.16 Å². The van der Waals surface area contributed by atoms with E-state index < -0.39 is 6.10 Å². The van der Waals surface area contributed by atoms with Crippen LogP contribution in [0.15, 0.2) is 23.4 Å². The van der Waals surface area contributed by atoms with E-state index in [1.54, 1.807) is 32.2 Å². The normalized spacial score (nSPS) is 13.2.